The van der Waals surface area contributed by atoms with Gasteiger partial charge in [-0.3, -0.25) is 4.79 Å². The number of esters is 1. The first-order valence-corrected chi connectivity index (χ1v) is 5.76. The predicted molar refractivity (Wildman–Crippen MR) is 70.4 cm³/mol. The standard InChI is InChI=1S/C13H15N3O3/c1-19-13(18)7-2-3-8-9(6-16-11(8)4-7)10(14)5-12(15)17/h2-4,6,10,16H,5,14H2,1H3,(H2,15,17). The normalized spacial score (nSPS) is 12.3. The van der Waals surface area contributed by atoms with Crippen molar-refractivity contribution in [3.8, 4) is 0 Å². The number of ether oxygens (including phenoxy) is 1. The molecule has 1 aromatic heterocycles. The van der Waals surface area contributed by atoms with Crippen LogP contribution in [0.15, 0.2) is 24.4 Å². The predicted octanol–water partition coefficient (Wildman–Crippen LogP) is 0.830. The zero-order valence-electron chi connectivity index (χ0n) is 10.5. The van der Waals surface area contributed by atoms with Crippen LogP contribution in [0.1, 0.15) is 28.4 Å². The highest BCUT2D eigenvalue weighted by atomic mass is 16.5. The summed E-state index contributed by atoms with van der Waals surface area (Å²) in [6, 6.07) is 4.65. The third-order valence-electron chi connectivity index (χ3n) is 2.96. The Morgan fingerprint density at radius 1 is 1.42 bits per heavy atom. The lowest BCUT2D eigenvalue weighted by molar-refractivity contribution is -0.118. The van der Waals surface area contributed by atoms with Crippen LogP contribution in [0.2, 0.25) is 0 Å². The Labute approximate surface area is 109 Å². The molecule has 19 heavy (non-hydrogen) atoms. The number of carbonyl (C=O) groups excluding carboxylic acids is 2. The monoisotopic (exact) mass is 261 g/mol. The van der Waals surface area contributed by atoms with Crippen molar-refractivity contribution >= 4 is 22.8 Å². The first kappa shape index (κ1) is 13.1. The van der Waals surface area contributed by atoms with Gasteiger partial charge in [0.15, 0.2) is 0 Å². The maximum atomic E-state index is 11.4. The zero-order chi connectivity index (χ0) is 14.0. The third-order valence-corrected chi connectivity index (χ3v) is 2.96. The van der Waals surface area contributed by atoms with Gasteiger partial charge in [-0.05, 0) is 17.7 Å². The van der Waals surface area contributed by atoms with Gasteiger partial charge in [0.25, 0.3) is 0 Å². The number of hydrogen-bond donors (Lipinski definition) is 3. The minimum atomic E-state index is -0.463. The largest absolute Gasteiger partial charge is 0.465 e. The van der Waals surface area contributed by atoms with E-state index < -0.39 is 17.9 Å². The number of amides is 1. The molecule has 5 N–H and O–H groups in total. The number of nitrogens with one attached hydrogen (secondary N) is 1. The van der Waals surface area contributed by atoms with E-state index in [2.05, 4.69) is 9.72 Å². The molecule has 0 spiro atoms. The number of carbonyl (C=O) groups is 2. The summed E-state index contributed by atoms with van der Waals surface area (Å²) >= 11 is 0. The molecule has 2 aromatic rings. The smallest absolute Gasteiger partial charge is 0.337 e. The van der Waals surface area contributed by atoms with E-state index in [0.717, 1.165) is 16.5 Å². The fraction of sp³-hybridized carbons (Fsp3) is 0.231. The number of nitrogens with two attached hydrogens (primary N) is 2. The molecule has 1 atom stereocenters. The molecule has 100 valence electrons. The van der Waals surface area contributed by atoms with Crippen molar-refractivity contribution in [1.29, 1.82) is 0 Å². The van der Waals surface area contributed by atoms with E-state index in [-0.39, 0.29) is 6.42 Å². The number of primary amides is 1. The molecule has 1 unspecified atom stereocenters. The van der Waals surface area contributed by atoms with Crippen molar-refractivity contribution in [2.45, 2.75) is 12.5 Å². The summed E-state index contributed by atoms with van der Waals surface area (Å²) in [6.07, 6.45) is 1.80. The Morgan fingerprint density at radius 3 is 2.79 bits per heavy atom. The van der Waals surface area contributed by atoms with Crippen molar-refractivity contribution < 1.29 is 14.3 Å². The van der Waals surface area contributed by atoms with E-state index in [9.17, 15) is 9.59 Å². The van der Waals surface area contributed by atoms with Crippen molar-refractivity contribution in [3.05, 3.63) is 35.5 Å². The van der Waals surface area contributed by atoms with Crippen LogP contribution < -0.4 is 11.5 Å². The molecule has 0 radical (unpaired) electrons. The van der Waals surface area contributed by atoms with Crippen molar-refractivity contribution in [2.24, 2.45) is 11.5 Å². The summed E-state index contributed by atoms with van der Waals surface area (Å²) in [5.41, 5.74) is 13.1. The molecule has 6 nitrogen and oxygen atoms in total. The van der Waals surface area contributed by atoms with Crippen molar-refractivity contribution in [3.63, 3.8) is 0 Å². The molecule has 0 fully saturated rings. The molecule has 2 rings (SSSR count). The number of fused-ring (bicyclic) bond motifs is 1. The molecule has 1 aromatic carbocycles. The summed E-state index contributed by atoms with van der Waals surface area (Å²) in [4.78, 5) is 25.3. The molecular weight excluding hydrogens is 246 g/mol. The molecule has 0 bridgehead atoms. The average molecular weight is 261 g/mol. The summed E-state index contributed by atoms with van der Waals surface area (Å²) in [5, 5.41) is 0.862. The van der Waals surface area contributed by atoms with Crippen LogP contribution in [0.4, 0.5) is 0 Å². The second kappa shape index (κ2) is 5.11. The minimum Gasteiger partial charge on any atom is -0.465 e. The Hall–Kier alpha value is -2.34. The molecule has 1 heterocycles. The summed E-state index contributed by atoms with van der Waals surface area (Å²) in [6.45, 7) is 0. The Kier molecular flexibility index (Phi) is 3.52. The van der Waals surface area contributed by atoms with Gasteiger partial charge < -0.3 is 21.2 Å². The van der Waals surface area contributed by atoms with Gasteiger partial charge in [-0.2, -0.15) is 0 Å². The van der Waals surface area contributed by atoms with E-state index >= 15 is 0 Å². The van der Waals surface area contributed by atoms with Gasteiger partial charge in [0.2, 0.25) is 5.91 Å². The second-order valence-electron chi connectivity index (χ2n) is 4.27. The number of aromatic amines is 1. The van der Waals surface area contributed by atoms with Gasteiger partial charge in [-0.25, -0.2) is 4.79 Å². The first-order chi connectivity index (χ1) is 9.02. The van der Waals surface area contributed by atoms with E-state index in [1.54, 1.807) is 24.4 Å². The second-order valence-corrected chi connectivity index (χ2v) is 4.27. The first-order valence-electron chi connectivity index (χ1n) is 5.76. The lowest BCUT2D eigenvalue weighted by Crippen LogP contribution is -2.20. The van der Waals surface area contributed by atoms with Crippen LogP contribution in [-0.4, -0.2) is 24.0 Å². The van der Waals surface area contributed by atoms with Gasteiger partial charge in [-0.15, -0.1) is 0 Å². The van der Waals surface area contributed by atoms with Gasteiger partial charge in [0.1, 0.15) is 0 Å². The SMILES string of the molecule is COC(=O)c1ccc2c(C(N)CC(N)=O)c[nH]c2c1. The minimum absolute atomic E-state index is 0.0751. The van der Waals surface area contributed by atoms with Gasteiger partial charge >= 0.3 is 5.97 Å². The molecule has 1 amide bonds. The maximum absolute atomic E-state index is 11.4. The number of H-pyrrole nitrogens is 1. The highest BCUT2D eigenvalue weighted by molar-refractivity contribution is 5.95. The summed E-state index contributed by atoms with van der Waals surface area (Å²) < 4.78 is 4.65. The number of aromatic nitrogens is 1. The molecule has 0 aliphatic heterocycles. The Morgan fingerprint density at radius 2 is 2.16 bits per heavy atom. The van der Waals surface area contributed by atoms with Crippen molar-refractivity contribution in [2.75, 3.05) is 7.11 Å². The quantitative estimate of drug-likeness (QED) is 0.708. The number of methoxy groups -OCH3 is 1. The van der Waals surface area contributed by atoms with Gasteiger partial charge in [0, 0.05) is 29.6 Å². The van der Waals surface area contributed by atoms with Crippen LogP contribution in [0, 0.1) is 0 Å². The number of benzene rings is 1. The fourth-order valence-electron chi connectivity index (χ4n) is 2.03. The highest BCUT2D eigenvalue weighted by Crippen LogP contribution is 2.25. The van der Waals surface area contributed by atoms with E-state index in [1.165, 1.54) is 7.11 Å². The Bertz CT molecular complexity index is 633. The van der Waals surface area contributed by atoms with E-state index in [4.69, 9.17) is 11.5 Å². The van der Waals surface area contributed by atoms with Crippen LogP contribution in [0.5, 0.6) is 0 Å². The topological polar surface area (TPSA) is 111 Å². The van der Waals surface area contributed by atoms with E-state index in [1.807, 2.05) is 0 Å². The maximum Gasteiger partial charge on any atom is 0.337 e. The zero-order valence-corrected chi connectivity index (χ0v) is 10.5. The van der Waals surface area contributed by atoms with Crippen LogP contribution >= 0.6 is 0 Å². The molecule has 0 saturated carbocycles. The van der Waals surface area contributed by atoms with E-state index in [0.29, 0.717) is 5.56 Å². The summed E-state index contributed by atoms with van der Waals surface area (Å²) in [7, 11) is 1.33. The van der Waals surface area contributed by atoms with Crippen LogP contribution in [0.25, 0.3) is 10.9 Å². The highest BCUT2D eigenvalue weighted by Gasteiger charge is 2.15. The molecule has 6 heteroatoms. The van der Waals surface area contributed by atoms with Gasteiger partial charge in [-0.1, -0.05) is 6.07 Å². The van der Waals surface area contributed by atoms with Crippen LogP contribution in [0.3, 0.4) is 0 Å². The van der Waals surface area contributed by atoms with Gasteiger partial charge in [0.05, 0.1) is 12.7 Å². The molecule has 0 aliphatic rings. The molecular formula is C13H15N3O3. The number of rotatable bonds is 4. The lowest BCUT2D eigenvalue weighted by atomic mass is 10.0. The lowest BCUT2D eigenvalue weighted by Gasteiger charge is -2.08. The molecule has 0 saturated heterocycles. The summed E-state index contributed by atoms with van der Waals surface area (Å²) in [5.74, 6) is -0.854. The van der Waals surface area contributed by atoms with Crippen molar-refractivity contribution in [1.82, 2.24) is 4.98 Å². The average Bonchev–Trinajstić information content (AvgIpc) is 2.79. The fourth-order valence-corrected chi connectivity index (χ4v) is 2.03. The Balaban J connectivity index is 2.39. The van der Waals surface area contributed by atoms with Crippen LogP contribution in [-0.2, 0) is 9.53 Å². The molecule has 0 aliphatic carbocycles. The third kappa shape index (κ3) is 2.58. The number of hydrogen-bond acceptors (Lipinski definition) is 4.